The molecule has 3 aromatic rings. The summed E-state index contributed by atoms with van der Waals surface area (Å²) in [6.45, 7) is 2.65. The maximum atomic E-state index is 12.7. The molecule has 27 heavy (non-hydrogen) atoms. The number of rotatable bonds is 9. The van der Waals surface area contributed by atoms with Gasteiger partial charge in [-0.1, -0.05) is 24.3 Å². The van der Waals surface area contributed by atoms with Gasteiger partial charge < -0.3 is 15.4 Å². The van der Waals surface area contributed by atoms with Crippen molar-refractivity contribution in [1.29, 1.82) is 0 Å². The predicted octanol–water partition coefficient (Wildman–Crippen LogP) is 2.99. The minimum absolute atomic E-state index is 0. The van der Waals surface area contributed by atoms with E-state index in [1.165, 1.54) is 0 Å². The molecule has 8 heteroatoms. The van der Waals surface area contributed by atoms with Crippen LogP contribution in [0.2, 0.25) is 0 Å². The summed E-state index contributed by atoms with van der Waals surface area (Å²) < 4.78 is 6.73. The molecule has 144 valence electrons. The zero-order valence-electron chi connectivity index (χ0n) is 15.1. The fraction of sp³-hybridized carbons (Fsp3) is 0.263. The summed E-state index contributed by atoms with van der Waals surface area (Å²) >= 11 is 1.57. The van der Waals surface area contributed by atoms with Gasteiger partial charge in [0.1, 0.15) is 5.69 Å². The molecule has 0 aliphatic rings. The second-order valence-electron chi connectivity index (χ2n) is 5.65. The van der Waals surface area contributed by atoms with Gasteiger partial charge in [-0.2, -0.15) is 5.10 Å². The maximum absolute atomic E-state index is 12.7. The van der Waals surface area contributed by atoms with Crippen LogP contribution in [-0.4, -0.2) is 49.0 Å². The normalized spacial score (nSPS) is 10.4. The minimum Gasteiger partial charge on any atom is -0.383 e. The molecule has 0 aliphatic heterocycles. The van der Waals surface area contributed by atoms with Crippen molar-refractivity contribution in [3.63, 3.8) is 0 Å². The number of benzene rings is 1. The van der Waals surface area contributed by atoms with E-state index in [2.05, 4.69) is 15.7 Å². The Morgan fingerprint density at radius 1 is 1.15 bits per heavy atom. The van der Waals surface area contributed by atoms with Crippen molar-refractivity contribution in [3.8, 4) is 16.3 Å². The molecule has 2 aromatic heterocycles. The molecule has 1 amide bonds. The number of amides is 1. The van der Waals surface area contributed by atoms with E-state index in [0.29, 0.717) is 31.0 Å². The van der Waals surface area contributed by atoms with Crippen LogP contribution in [-0.2, 0) is 4.74 Å². The van der Waals surface area contributed by atoms with Crippen LogP contribution in [0, 0.1) is 0 Å². The summed E-state index contributed by atoms with van der Waals surface area (Å²) in [4.78, 5) is 13.7. The van der Waals surface area contributed by atoms with Crippen LogP contribution < -0.4 is 10.6 Å². The maximum Gasteiger partial charge on any atom is 0.255 e. The third-order valence-corrected chi connectivity index (χ3v) is 4.68. The number of aromatic nitrogens is 2. The first kappa shape index (κ1) is 21.1. The lowest BCUT2D eigenvalue weighted by Crippen LogP contribution is -2.33. The van der Waals surface area contributed by atoms with Gasteiger partial charge in [0.2, 0.25) is 0 Å². The number of hydrogen-bond acceptors (Lipinski definition) is 5. The first-order valence-electron chi connectivity index (χ1n) is 8.46. The quantitative estimate of drug-likeness (QED) is 0.536. The Hall–Kier alpha value is -2.19. The van der Waals surface area contributed by atoms with Gasteiger partial charge >= 0.3 is 0 Å². The molecule has 2 N–H and O–H groups in total. The monoisotopic (exact) mass is 406 g/mol. The molecule has 0 unspecified atom stereocenters. The summed E-state index contributed by atoms with van der Waals surface area (Å²) in [6.07, 6.45) is 1.79. The third-order valence-electron chi connectivity index (χ3n) is 3.80. The number of nitrogens with one attached hydrogen (secondary N) is 2. The largest absolute Gasteiger partial charge is 0.383 e. The van der Waals surface area contributed by atoms with Gasteiger partial charge in [-0.25, -0.2) is 4.68 Å². The van der Waals surface area contributed by atoms with Crippen molar-refractivity contribution in [2.24, 2.45) is 0 Å². The number of thiophene rings is 1. The van der Waals surface area contributed by atoms with Gasteiger partial charge in [-0.05, 0) is 23.6 Å². The van der Waals surface area contributed by atoms with E-state index in [4.69, 9.17) is 4.74 Å². The van der Waals surface area contributed by atoms with Crippen molar-refractivity contribution in [1.82, 2.24) is 20.4 Å². The smallest absolute Gasteiger partial charge is 0.255 e. The van der Waals surface area contributed by atoms with E-state index in [1.807, 2.05) is 47.8 Å². The lowest BCUT2D eigenvalue weighted by molar-refractivity contribution is 0.0954. The lowest BCUT2D eigenvalue weighted by Gasteiger charge is -2.06. The number of ether oxygens (including phenoxy) is 1. The molecule has 0 saturated heterocycles. The van der Waals surface area contributed by atoms with Gasteiger partial charge in [0.15, 0.2) is 0 Å². The topological polar surface area (TPSA) is 68.2 Å². The third kappa shape index (κ3) is 5.64. The molecule has 0 spiro atoms. The Kier molecular flexibility index (Phi) is 8.47. The van der Waals surface area contributed by atoms with E-state index in [9.17, 15) is 4.79 Å². The fourth-order valence-corrected chi connectivity index (χ4v) is 3.23. The van der Waals surface area contributed by atoms with Crippen LogP contribution >= 0.6 is 23.7 Å². The second kappa shape index (κ2) is 10.8. The number of hydrogen-bond donors (Lipinski definition) is 2. The van der Waals surface area contributed by atoms with Crippen LogP contribution in [0.1, 0.15) is 10.4 Å². The van der Waals surface area contributed by atoms with E-state index >= 15 is 0 Å². The van der Waals surface area contributed by atoms with Crippen LogP contribution in [0.25, 0.3) is 16.3 Å². The minimum atomic E-state index is -0.121. The summed E-state index contributed by atoms with van der Waals surface area (Å²) in [5.41, 5.74) is 2.20. The molecule has 0 radical (unpaired) electrons. The van der Waals surface area contributed by atoms with Crippen molar-refractivity contribution in [3.05, 3.63) is 59.6 Å². The number of methoxy groups -OCH3 is 1. The van der Waals surface area contributed by atoms with Crippen molar-refractivity contribution < 1.29 is 9.53 Å². The number of nitrogens with zero attached hydrogens (tertiary/aromatic N) is 2. The highest BCUT2D eigenvalue weighted by Crippen LogP contribution is 2.27. The van der Waals surface area contributed by atoms with Crippen molar-refractivity contribution >= 4 is 29.7 Å². The van der Waals surface area contributed by atoms with Gasteiger partial charge in [-0.3, -0.25) is 4.79 Å². The standard InChI is InChI=1S/C19H22N4O2S.ClH/c1-25-12-11-20-9-10-21-19(24)16-14-23(15-6-3-2-4-7-15)22-18(16)17-8-5-13-26-17;/h2-8,13-14,20H,9-12H2,1H3,(H,21,24);1H. The number of carbonyl (C=O) groups excluding carboxylic acids is 1. The Bertz CT molecular complexity index is 822. The molecular formula is C19H23ClN4O2S. The fourth-order valence-electron chi connectivity index (χ4n) is 2.51. The first-order valence-corrected chi connectivity index (χ1v) is 9.34. The molecular weight excluding hydrogens is 384 g/mol. The molecule has 0 bridgehead atoms. The Morgan fingerprint density at radius 3 is 2.67 bits per heavy atom. The van der Waals surface area contributed by atoms with Gasteiger partial charge in [0, 0.05) is 32.9 Å². The lowest BCUT2D eigenvalue weighted by atomic mass is 10.2. The Balaban J connectivity index is 0.00000261. The first-order chi connectivity index (χ1) is 12.8. The SMILES string of the molecule is COCCNCCNC(=O)c1cn(-c2ccccc2)nc1-c1cccs1.Cl. The zero-order chi connectivity index (χ0) is 18.2. The van der Waals surface area contributed by atoms with E-state index < -0.39 is 0 Å². The molecule has 6 nitrogen and oxygen atoms in total. The summed E-state index contributed by atoms with van der Waals surface area (Å²) in [7, 11) is 1.67. The molecule has 3 rings (SSSR count). The number of carbonyl (C=O) groups is 1. The highest BCUT2D eigenvalue weighted by molar-refractivity contribution is 7.13. The summed E-state index contributed by atoms with van der Waals surface area (Å²) in [5, 5.41) is 12.8. The van der Waals surface area contributed by atoms with E-state index in [1.54, 1.807) is 29.3 Å². The summed E-state index contributed by atoms with van der Waals surface area (Å²) in [5.74, 6) is -0.121. The second-order valence-corrected chi connectivity index (χ2v) is 6.60. The number of halogens is 1. The van der Waals surface area contributed by atoms with Crippen LogP contribution in [0.3, 0.4) is 0 Å². The average Bonchev–Trinajstić information content (AvgIpc) is 3.34. The van der Waals surface area contributed by atoms with Crippen molar-refractivity contribution in [2.45, 2.75) is 0 Å². The Morgan fingerprint density at radius 2 is 1.96 bits per heavy atom. The highest BCUT2D eigenvalue weighted by Gasteiger charge is 2.18. The Labute approximate surface area is 169 Å². The molecule has 0 fully saturated rings. The van der Waals surface area contributed by atoms with Gasteiger partial charge in [0.05, 0.1) is 22.7 Å². The zero-order valence-corrected chi connectivity index (χ0v) is 16.7. The predicted molar refractivity (Wildman–Crippen MR) is 111 cm³/mol. The molecule has 0 aliphatic carbocycles. The van der Waals surface area contributed by atoms with Gasteiger partial charge in [-0.15, -0.1) is 23.7 Å². The van der Waals surface area contributed by atoms with Crippen LogP contribution in [0.5, 0.6) is 0 Å². The van der Waals surface area contributed by atoms with E-state index in [-0.39, 0.29) is 18.3 Å². The highest BCUT2D eigenvalue weighted by atomic mass is 35.5. The van der Waals surface area contributed by atoms with Crippen LogP contribution in [0.15, 0.2) is 54.0 Å². The van der Waals surface area contributed by atoms with Crippen LogP contribution in [0.4, 0.5) is 0 Å². The molecule has 1 aromatic carbocycles. The van der Waals surface area contributed by atoms with Crippen molar-refractivity contribution in [2.75, 3.05) is 33.4 Å². The average molecular weight is 407 g/mol. The van der Waals surface area contributed by atoms with E-state index in [0.717, 1.165) is 17.1 Å². The molecule has 2 heterocycles. The summed E-state index contributed by atoms with van der Waals surface area (Å²) in [6, 6.07) is 13.7. The number of para-hydroxylation sites is 1. The van der Waals surface area contributed by atoms with Gasteiger partial charge in [0.25, 0.3) is 5.91 Å². The molecule has 0 atom stereocenters. The molecule has 0 saturated carbocycles.